The lowest BCUT2D eigenvalue weighted by Gasteiger charge is -2.29. The molecule has 0 bridgehead atoms. The van der Waals surface area contributed by atoms with Crippen molar-refractivity contribution in [1.82, 2.24) is 0 Å². The van der Waals surface area contributed by atoms with E-state index in [0.29, 0.717) is 6.61 Å². The molecule has 4 heterocycles. The van der Waals surface area contributed by atoms with Gasteiger partial charge in [0.05, 0.1) is 0 Å². The summed E-state index contributed by atoms with van der Waals surface area (Å²) in [7, 11) is 0. The normalized spacial score (nSPS) is 27.1. The van der Waals surface area contributed by atoms with E-state index in [0.717, 1.165) is 48.2 Å². The molecule has 132 valence electrons. The average molecular weight is 348 g/mol. The second-order valence-corrected chi connectivity index (χ2v) is 7.33. The van der Waals surface area contributed by atoms with Gasteiger partial charge in [-0.15, -0.1) is 0 Å². The zero-order valence-corrected chi connectivity index (χ0v) is 14.5. The SMILES string of the molecule is c1ccc2c(c1)N1CCCCC/N=C\1C21COc2cc3c(cc21)OCO3. The molecule has 1 spiro atoms. The van der Waals surface area contributed by atoms with Crippen molar-refractivity contribution in [2.24, 2.45) is 4.99 Å². The van der Waals surface area contributed by atoms with Gasteiger partial charge in [0.25, 0.3) is 0 Å². The van der Waals surface area contributed by atoms with Crippen molar-refractivity contribution in [3.05, 3.63) is 47.5 Å². The molecular formula is C21H20N2O3. The number of fused-ring (bicyclic) bond motifs is 8. The number of aliphatic imine (C=N–C) groups is 1. The van der Waals surface area contributed by atoms with E-state index in [1.807, 2.05) is 6.07 Å². The van der Waals surface area contributed by atoms with Crippen LogP contribution in [-0.4, -0.2) is 32.3 Å². The minimum atomic E-state index is -0.343. The van der Waals surface area contributed by atoms with Crippen molar-refractivity contribution in [3.8, 4) is 17.2 Å². The van der Waals surface area contributed by atoms with Crippen molar-refractivity contribution in [1.29, 1.82) is 0 Å². The summed E-state index contributed by atoms with van der Waals surface area (Å²) in [6.45, 7) is 2.74. The van der Waals surface area contributed by atoms with Gasteiger partial charge < -0.3 is 19.1 Å². The average Bonchev–Trinajstić information content (AvgIpc) is 3.30. The molecule has 0 amide bonds. The minimum Gasteiger partial charge on any atom is -0.491 e. The van der Waals surface area contributed by atoms with Gasteiger partial charge in [-0.2, -0.15) is 0 Å². The Kier molecular flexibility index (Phi) is 2.87. The van der Waals surface area contributed by atoms with Crippen molar-refractivity contribution in [3.63, 3.8) is 0 Å². The Morgan fingerprint density at radius 3 is 2.73 bits per heavy atom. The maximum atomic E-state index is 6.20. The first-order chi connectivity index (χ1) is 12.9. The maximum absolute atomic E-state index is 6.20. The molecule has 0 fully saturated rings. The lowest BCUT2D eigenvalue weighted by Crippen LogP contribution is -2.43. The lowest BCUT2D eigenvalue weighted by atomic mass is 9.76. The summed E-state index contributed by atoms with van der Waals surface area (Å²) in [5, 5.41) is 0. The van der Waals surface area contributed by atoms with Crippen molar-refractivity contribution >= 4 is 11.5 Å². The molecule has 5 nitrogen and oxygen atoms in total. The number of hydrogen-bond donors (Lipinski definition) is 0. The zero-order chi connectivity index (χ0) is 17.1. The highest BCUT2D eigenvalue weighted by Crippen LogP contribution is 2.55. The van der Waals surface area contributed by atoms with E-state index in [1.54, 1.807) is 0 Å². The third kappa shape index (κ3) is 1.73. The Morgan fingerprint density at radius 1 is 0.885 bits per heavy atom. The third-order valence-corrected chi connectivity index (χ3v) is 5.97. The highest BCUT2D eigenvalue weighted by molar-refractivity contribution is 6.14. The van der Waals surface area contributed by atoms with Crippen molar-refractivity contribution < 1.29 is 14.2 Å². The van der Waals surface area contributed by atoms with Crippen molar-refractivity contribution in [2.75, 3.05) is 31.4 Å². The van der Waals surface area contributed by atoms with E-state index < -0.39 is 0 Å². The van der Waals surface area contributed by atoms with Gasteiger partial charge in [-0.05, 0) is 37.0 Å². The number of rotatable bonds is 0. The van der Waals surface area contributed by atoms with Gasteiger partial charge in [-0.25, -0.2) is 0 Å². The van der Waals surface area contributed by atoms with Gasteiger partial charge in [-0.1, -0.05) is 18.2 Å². The summed E-state index contributed by atoms with van der Waals surface area (Å²) in [5.41, 5.74) is 3.36. The van der Waals surface area contributed by atoms with Gasteiger partial charge >= 0.3 is 0 Å². The first kappa shape index (κ1) is 14.5. The smallest absolute Gasteiger partial charge is 0.231 e. The van der Waals surface area contributed by atoms with Crippen LogP contribution in [0, 0.1) is 0 Å². The van der Waals surface area contributed by atoms with Crippen LogP contribution in [-0.2, 0) is 5.41 Å². The van der Waals surface area contributed by atoms with Crippen LogP contribution in [0.2, 0.25) is 0 Å². The van der Waals surface area contributed by atoms with Gasteiger partial charge in [0.15, 0.2) is 11.5 Å². The van der Waals surface area contributed by atoms with Crippen LogP contribution >= 0.6 is 0 Å². The second kappa shape index (κ2) is 5.16. The van der Waals surface area contributed by atoms with E-state index in [-0.39, 0.29) is 12.2 Å². The number of anilines is 1. The van der Waals surface area contributed by atoms with Crippen molar-refractivity contribution in [2.45, 2.75) is 24.7 Å². The standard InChI is InChI=1S/C21H20N2O3/c1-4-8-22-20-21(14-6-2-3-7-16(14)23(20)9-5-1)12-24-17-11-19-18(10-15(17)21)25-13-26-19/h2-3,6-7,10-11H,1,4-5,8-9,12-13H2/b22-20-. The first-order valence-electron chi connectivity index (χ1n) is 9.37. The van der Waals surface area contributed by atoms with Crippen LogP contribution in [0.3, 0.4) is 0 Å². The fraction of sp³-hybridized carbons (Fsp3) is 0.381. The fourth-order valence-corrected chi connectivity index (χ4v) is 4.77. The van der Waals surface area contributed by atoms with E-state index in [2.05, 4.69) is 35.2 Å². The predicted octanol–water partition coefficient (Wildman–Crippen LogP) is 3.50. The molecule has 1 unspecified atom stereocenters. The molecule has 0 radical (unpaired) electrons. The molecule has 0 saturated heterocycles. The van der Waals surface area contributed by atoms with Gasteiger partial charge in [0.2, 0.25) is 6.79 Å². The summed E-state index contributed by atoms with van der Waals surface area (Å²) in [6, 6.07) is 12.8. The van der Waals surface area contributed by atoms with E-state index in [4.69, 9.17) is 19.2 Å². The Balaban J connectivity index is 1.62. The molecule has 6 rings (SSSR count). The molecule has 1 atom stereocenters. The number of benzene rings is 2. The molecular weight excluding hydrogens is 328 g/mol. The van der Waals surface area contributed by atoms with Gasteiger partial charge in [0, 0.05) is 30.4 Å². The highest BCUT2D eigenvalue weighted by atomic mass is 16.7. The second-order valence-electron chi connectivity index (χ2n) is 7.33. The van der Waals surface area contributed by atoms with E-state index in [1.165, 1.54) is 24.1 Å². The molecule has 4 aliphatic rings. The molecule has 2 aromatic carbocycles. The fourth-order valence-electron chi connectivity index (χ4n) is 4.77. The quantitative estimate of drug-likeness (QED) is 0.731. The van der Waals surface area contributed by atoms with Crippen LogP contribution in [0.25, 0.3) is 0 Å². The molecule has 2 aromatic rings. The zero-order valence-electron chi connectivity index (χ0n) is 14.5. The number of amidine groups is 1. The highest BCUT2D eigenvalue weighted by Gasteiger charge is 2.55. The minimum absolute atomic E-state index is 0.273. The van der Waals surface area contributed by atoms with Gasteiger partial charge in [0.1, 0.15) is 23.6 Å². The predicted molar refractivity (Wildman–Crippen MR) is 98.8 cm³/mol. The van der Waals surface area contributed by atoms with Crippen LogP contribution in [0.1, 0.15) is 30.4 Å². The summed E-state index contributed by atoms with van der Waals surface area (Å²) in [4.78, 5) is 7.49. The summed E-state index contributed by atoms with van der Waals surface area (Å²) >= 11 is 0. The Hall–Kier alpha value is -2.69. The number of ether oxygens (including phenoxy) is 3. The molecule has 0 aliphatic carbocycles. The summed E-state index contributed by atoms with van der Waals surface area (Å²) in [6.07, 6.45) is 3.57. The Morgan fingerprint density at radius 2 is 1.77 bits per heavy atom. The molecule has 0 N–H and O–H groups in total. The maximum Gasteiger partial charge on any atom is 0.231 e. The molecule has 26 heavy (non-hydrogen) atoms. The molecule has 4 aliphatic heterocycles. The van der Waals surface area contributed by atoms with Crippen LogP contribution in [0.4, 0.5) is 5.69 Å². The monoisotopic (exact) mass is 348 g/mol. The molecule has 0 saturated carbocycles. The number of nitrogens with zero attached hydrogens (tertiary/aromatic N) is 2. The molecule has 0 aromatic heterocycles. The Bertz CT molecular complexity index is 939. The Labute approximate surface area is 152 Å². The van der Waals surface area contributed by atoms with Crippen LogP contribution < -0.4 is 19.1 Å². The third-order valence-electron chi connectivity index (χ3n) is 5.97. The number of hydrogen-bond acceptors (Lipinski definition) is 5. The van der Waals surface area contributed by atoms with Crippen LogP contribution in [0.15, 0.2) is 41.4 Å². The van der Waals surface area contributed by atoms with E-state index in [9.17, 15) is 0 Å². The first-order valence-corrected chi connectivity index (χ1v) is 9.37. The lowest BCUT2D eigenvalue weighted by molar-refractivity contribution is 0.173. The topological polar surface area (TPSA) is 43.3 Å². The van der Waals surface area contributed by atoms with E-state index >= 15 is 0 Å². The molecule has 5 heteroatoms. The number of para-hydroxylation sites is 1. The summed E-state index contributed by atoms with van der Waals surface area (Å²) < 4.78 is 17.4. The van der Waals surface area contributed by atoms with Gasteiger partial charge in [-0.3, -0.25) is 4.99 Å². The largest absolute Gasteiger partial charge is 0.491 e. The van der Waals surface area contributed by atoms with Crippen LogP contribution in [0.5, 0.6) is 17.2 Å². The summed E-state index contributed by atoms with van der Waals surface area (Å²) in [5.74, 6) is 3.59.